The SMILES string of the molecule is CNc1ncnc(NC23CC4CC(CC(C4)C2)C3)c1OC. The van der Waals surface area contributed by atoms with Crippen molar-refractivity contribution < 1.29 is 4.74 Å². The number of methoxy groups -OCH3 is 1. The van der Waals surface area contributed by atoms with Gasteiger partial charge in [-0.1, -0.05) is 0 Å². The third-order valence-electron chi connectivity index (χ3n) is 5.67. The van der Waals surface area contributed by atoms with Gasteiger partial charge in [0.15, 0.2) is 11.6 Å². The number of aromatic nitrogens is 2. The first-order chi connectivity index (χ1) is 10.2. The fourth-order valence-corrected chi connectivity index (χ4v) is 5.35. The number of nitrogens with one attached hydrogen (secondary N) is 2. The molecular weight excluding hydrogens is 264 g/mol. The monoisotopic (exact) mass is 288 g/mol. The summed E-state index contributed by atoms with van der Waals surface area (Å²) in [6.45, 7) is 0. The standard InChI is InChI=1S/C16H24N4O/c1-17-14-13(21-2)15(19-9-18-14)20-16-6-10-3-11(7-16)5-12(4-10)8-16/h9-12H,3-8H2,1-2H3,(H2,17,18,19,20). The van der Waals surface area contributed by atoms with Crippen LogP contribution in [-0.2, 0) is 0 Å². The van der Waals surface area contributed by atoms with Crippen molar-refractivity contribution in [3.05, 3.63) is 6.33 Å². The van der Waals surface area contributed by atoms with Crippen LogP contribution in [0.4, 0.5) is 11.6 Å². The molecule has 1 heterocycles. The zero-order chi connectivity index (χ0) is 14.4. The number of anilines is 2. The Bertz CT molecular complexity index is 510. The van der Waals surface area contributed by atoms with Crippen molar-refractivity contribution in [2.45, 2.75) is 44.1 Å². The molecule has 4 aliphatic carbocycles. The first-order valence-electron chi connectivity index (χ1n) is 8.06. The van der Waals surface area contributed by atoms with Gasteiger partial charge in [-0.15, -0.1) is 0 Å². The average Bonchev–Trinajstić information content (AvgIpc) is 2.45. The Hall–Kier alpha value is -1.52. The highest BCUT2D eigenvalue weighted by Gasteiger charge is 2.51. The van der Waals surface area contributed by atoms with Gasteiger partial charge in [0.2, 0.25) is 5.75 Å². The average molecular weight is 288 g/mol. The van der Waals surface area contributed by atoms with E-state index in [4.69, 9.17) is 4.74 Å². The third-order valence-corrected chi connectivity index (χ3v) is 5.67. The van der Waals surface area contributed by atoms with E-state index in [1.54, 1.807) is 13.4 Å². The van der Waals surface area contributed by atoms with Crippen LogP contribution >= 0.6 is 0 Å². The minimum absolute atomic E-state index is 0.237. The van der Waals surface area contributed by atoms with Gasteiger partial charge in [-0.05, 0) is 56.3 Å². The molecule has 2 N–H and O–H groups in total. The molecule has 4 fully saturated rings. The van der Waals surface area contributed by atoms with Gasteiger partial charge in [0.05, 0.1) is 7.11 Å². The molecule has 0 saturated heterocycles. The molecule has 4 bridgehead atoms. The van der Waals surface area contributed by atoms with E-state index in [9.17, 15) is 0 Å². The van der Waals surface area contributed by atoms with Crippen molar-refractivity contribution in [2.24, 2.45) is 17.8 Å². The van der Waals surface area contributed by atoms with Crippen LogP contribution in [0.5, 0.6) is 5.75 Å². The van der Waals surface area contributed by atoms with Crippen LogP contribution in [0.2, 0.25) is 0 Å². The van der Waals surface area contributed by atoms with E-state index in [0.29, 0.717) is 0 Å². The maximum absolute atomic E-state index is 5.53. The van der Waals surface area contributed by atoms with Gasteiger partial charge in [0.25, 0.3) is 0 Å². The lowest BCUT2D eigenvalue weighted by Gasteiger charge is -2.57. The Labute approximate surface area is 125 Å². The molecular formula is C16H24N4O. The highest BCUT2D eigenvalue weighted by Crippen LogP contribution is 2.56. The van der Waals surface area contributed by atoms with E-state index in [2.05, 4.69) is 20.6 Å². The quantitative estimate of drug-likeness (QED) is 0.892. The van der Waals surface area contributed by atoms with E-state index >= 15 is 0 Å². The third kappa shape index (κ3) is 2.14. The second-order valence-corrected chi connectivity index (χ2v) is 7.18. The minimum atomic E-state index is 0.237. The molecule has 5 heteroatoms. The normalized spacial score (nSPS) is 36.6. The fraction of sp³-hybridized carbons (Fsp3) is 0.750. The Balaban J connectivity index is 1.64. The summed E-state index contributed by atoms with van der Waals surface area (Å²) in [7, 11) is 3.55. The fourth-order valence-electron chi connectivity index (χ4n) is 5.35. The van der Waals surface area contributed by atoms with E-state index in [-0.39, 0.29) is 5.54 Å². The molecule has 4 aliphatic rings. The maximum atomic E-state index is 5.53. The Kier molecular flexibility index (Phi) is 2.98. The first kappa shape index (κ1) is 13.2. The van der Waals surface area contributed by atoms with Gasteiger partial charge in [-0.25, -0.2) is 9.97 Å². The summed E-state index contributed by atoms with van der Waals surface area (Å²) in [5.41, 5.74) is 0.237. The maximum Gasteiger partial charge on any atom is 0.204 e. The van der Waals surface area contributed by atoms with Crippen molar-refractivity contribution in [2.75, 3.05) is 24.8 Å². The smallest absolute Gasteiger partial charge is 0.204 e. The summed E-state index contributed by atoms with van der Waals surface area (Å²) < 4.78 is 5.53. The van der Waals surface area contributed by atoms with Crippen LogP contribution in [-0.4, -0.2) is 29.7 Å². The summed E-state index contributed by atoms with van der Waals surface area (Å²) >= 11 is 0. The molecule has 0 spiro atoms. The van der Waals surface area contributed by atoms with E-state index in [0.717, 1.165) is 35.1 Å². The van der Waals surface area contributed by atoms with Gasteiger partial charge >= 0.3 is 0 Å². The van der Waals surface area contributed by atoms with Gasteiger partial charge in [-0.2, -0.15) is 0 Å². The molecule has 5 nitrogen and oxygen atoms in total. The Morgan fingerprint density at radius 3 is 2.14 bits per heavy atom. The van der Waals surface area contributed by atoms with Crippen molar-refractivity contribution in [1.82, 2.24) is 9.97 Å². The lowest BCUT2D eigenvalue weighted by molar-refractivity contribution is 0.0104. The number of hydrogen-bond donors (Lipinski definition) is 2. The van der Waals surface area contributed by atoms with E-state index in [1.165, 1.54) is 38.5 Å². The van der Waals surface area contributed by atoms with Crippen LogP contribution in [0.25, 0.3) is 0 Å². The predicted molar refractivity (Wildman–Crippen MR) is 82.7 cm³/mol. The van der Waals surface area contributed by atoms with Gasteiger partial charge < -0.3 is 15.4 Å². The van der Waals surface area contributed by atoms with Gasteiger partial charge in [0.1, 0.15) is 6.33 Å². The molecule has 0 aliphatic heterocycles. The van der Waals surface area contributed by atoms with Crippen molar-refractivity contribution in [1.29, 1.82) is 0 Å². The highest BCUT2D eigenvalue weighted by molar-refractivity contribution is 5.64. The molecule has 4 saturated carbocycles. The van der Waals surface area contributed by atoms with Crippen LogP contribution in [0.15, 0.2) is 6.33 Å². The van der Waals surface area contributed by atoms with Crippen LogP contribution in [0, 0.1) is 17.8 Å². The molecule has 0 aromatic carbocycles. The predicted octanol–water partition coefficient (Wildman–Crippen LogP) is 2.91. The minimum Gasteiger partial charge on any atom is -0.490 e. The summed E-state index contributed by atoms with van der Waals surface area (Å²) in [4.78, 5) is 8.68. The highest BCUT2D eigenvalue weighted by atomic mass is 16.5. The second-order valence-electron chi connectivity index (χ2n) is 7.18. The lowest BCUT2D eigenvalue weighted by Crippen LogP contribution is -2.54. The van der Waals surface area contributed by atoms with Crippen molar-refractivity contribution in [3.63, 3.8) is 0 Å². The zero-order valence-corrected chi connectivity index (χ0v) is 12.9. The molecule has 0 radical (unpaired) electrons. The molecule has 0 unspecified atom stereocenters. The topological polar surface area (TPSA) is 59.1 Å². The number of rotatable bonds is 4. The zero-order valence-electron chi connectivity index (χ0n) is 12.9. The summed E-state index contributed by atoms with van der Waals surface area (Å²) in [5.74, 6) is 5.08. The number of ether oxygens (including phenoxy) is 1. The van der Waals surface area contributed by atoms with Crippen molar-refractivity contribution in [3.8, 4) is 5.75 Å². The van der Waals surface area contributed by atoms with E-state index in [1.807, 2.05) is 7.05 Å². The lowest BCUT2D eigenvalue weighted by atomic mass is 9.53. The van der Waals surface area contributed by atoms with Crippen LogP contribution < -0.4 is 15.4 Å². The Morgan fingerprint density at radius 1 is 1.05 bits per heavy atom. The molecule has 0 amide bonds. The summed E-state index contributed by atoms with van der Waals surface area (Å²) in [6, 6.07) is 0. The molecule has 1 aromatic rings. The van der Waals surface area contributed by atoms with Gasteiger partial charge in [0, 0.05) is 12.6 Å². The summed E-state index contributed by atoms with van der Waals surface area (Å²) in [6.07, 6.45) is 9.83. The number of nitrogens with zero attached hydrogens (tertiary/aromatic N) is 2. The van der Waals surface area contributed by atoms with Crippen LogP contribution in [0.1, 0.15) is 38.5 Å². The largest absolute Gasteiger partial charge is 0.490 e. The number of hydrogen-bond acceptors (Lipinski definition) is 5. The summed E-state index contributed by atoms with van der Waals surface area (Å²) in [5, 5.41) is 6.84. The van der Waals surface area contributed by atoms with Crippen LogP contribution in [0.3, 0.4) is 0 Å². The van der Waals surface area contributed by atoms with Crippen molar-refractivity contribution >= 4 is 11.6 Å². The van der Waals surface area contributed by atoms with Gasteiger partial charge in [-0.3, -0.25) is 0 Å². The molecule has 21 heavy (non-hydrogen) atoms. The molecule has 5 rings (SSSR count). The molecule has 0 atom stereocenters. The first-order valence-corrected chi connectivity index (χ1v) is 8.06. The Morgan fingerprint density at radius 2 is 1.62 bits per heavy atom. The van der Waals surface area contributed by atoms with E-state index < -0.39 is 0 Å². The second kappa shape index (κ2) is 4.75. The molecule has 1 aromatic heterocycles. The molecule has 114 valence electrons.